The van der Waals surface area contributed by atoms with E-state index in [2.05, 4.69) is 10.6 Å². The maximum Gasteiger partial charge on any atom is 0.329 e. The van der Waals surface area contributed by atoms with E-state index in [1.165, 1.54) is 26.4 Å². The van der Waals surface area contributed by atoms with E-state index in [9.17, 15) is 14.4 Å². The lowest BCUT2D eigenvalue weighted by Crippen LogP contribution is -2.46. The van der Waals surface area contributed by atoms with Gasteiger partial charge in [0, 0.05) is 11.6 Å². The van der Waals surface area contributed by atoms with Gasteiger partial charge in [-0.15, -0.1) is 0 Å². The Kier molecular flexibility index (Phi) is 9.16. The molecule has 0 saturated carbocycles. The molecule has 10 heteroatoms. The number of hydrogen-bond donors (Lipinski definition) is 2. The number of esters is 1. The average Bonchev–Trinajstić information content (AvgIpc) is 2.78. The van der Waals surface area contributed by atoms with Gasteiger partial charge in [0.2, 0.25) is 0 Å². The van der Waals surface area contributed by atoms with E-state index < -0.39 is 30.4 Å². The van der Waals surface area contributed by atoms with Gasteiger partial charge in [-0.1, -0.05) is 43.1 Å². The predicted molar refractivity (Wildman–Crippen MR) is 122 cm³/mol. The summed E-state index contributed by atoms with van der Waals surface area (Å²) < 4.78 is 15.4. The molecule has 0 aliphatic heterocycles. The fraction of sp³-hybridized carbons (Fsp3) is 0.318. The maximum absolute atomic E-state index is 12.7. The van der Waals surface area contributed by atoms with E-state index in [-0.39, 0.29) is 21.5 Å². The molecule has 32 heavy (non-hydrogen) atoms. The van der Waals surface area contributed by atoms with Crippen LogP contribution in [0, 0.1) is 5.92 Å². The van der Waals surface area contributed by atoms with Crippen molar-refractivity contribution in [2.24, 2.45) is 5.92 Å². The highest BCUT2D eigenvalue weighted by atomic mass is 35.5. The Morgan fingerprint density at radius 3 is 2.19 bits per heavy atom. The number of hydrogen-bond acceptors (Lipinski definition) is 6. The molecule has 8 nitrogen and oxygen atoms in total. The summed E-state index contributed by atoms with van der Waals surface area (Å²) in [4.78, 5) is 37.4. The monoisotopic (exact) mass is 482 g/mol. The van der Waals surface area contributed by atoms with Crippen molar-refractivity contribution < 1.29 is 28.6 Å². The fourth-order valence-electron chi connectivity index (χ4n) is 2.67. The number of carbonyl (C=O) groups excluding carboxylic acids is 3. The van der Waals surface area contributed by atoms with Gasteiger partial charge in [0.05, 0.1) is 30.0 Å². The molecule has 2 amide bonds. The molecule has 0 bridgehead atoms. The number of rotatable bonds is 9. The molecule has 0 aliphatic rings. The van der Waals surface area contributed by atoms with Crippen molar-refractivity contribution in [1.82, 2.24) is 5.32 Å². The lowest BCUT2D eigenvalue weighted by molar-refractivity contribution is -0.150. The van der Waals surface area contributed by atoms with Gasteiger partial charge in [-0.25, -0.2) is 4.79 Å². The molecule has 2 N–H and O–H groups in total. The van der Waals surface area contributed by atoms with Gasteiger partial charge in [-0.3, -0.25) is 9.59 Å². The summed E-state index contributed by atoms with van der Waals surface area (Å²) in [7, 11) is 2.93. The van der Waals surface area contributed by atoms with Gasteiger partial charge in [0.15, 0.2) is 6.61 Å². The third-order valence-corrected chi connectivity index (χ3v) is 5.21. The number of ether oxygens (including phenoxy) is 3. The molecule has 0 radical (unpaired) electrons. The Bertz CT molecular complexity index is 974. The van der Waals surface area contributed by atoms with Gasteiger partial charge in [0.25, 0.3) is 11.8 Å². The molecule has 0 aromatic heterocycles. The van der Waals surface area contributed by atoms with Gasteiger partial charge in [0.1, 0.15) is 17.5 Å². The molecule has 2 aromatic carbocycles. The minimum atomic E-state index is -0.984. The molecule has 0 fully saturated rings. The Labute approximate surface area is 196 Å². The van der Waals surface area contributed by atoms with Crippen LogP contribution in [-0.2, 0) is 14.3 Å². The molecular formula is C22H24Cl2N2O6. The highest BCUT2D eigenvalue weighted by molar-refractivity contribution is 6.44. The van der Waals surface area contributed by atoms with E-state index in [4.69, 9.17) is 37.4 Å². The van der Waals surface area contributed by atoms with Crippen LogP contribution in [0.4, 0.5) is 5.69 Å². The Balaban J connectivity index is 2.02. The number of anilines is 1. The first-order chi connectivity index (χ1) is 15.2. The molecule has 1 atom stereocenters. The van der Waals surface area contributed by atoms with Gasteiger partial charge in [-0.05, 0) is 30.2 Å². The first kappa shape index (κ1) is 25.3. The summed E-state index contributed by atoms with van der Waals surface area (Å²) >= 11 is 11.9. The van der Waals surface area contributed by atoms with Crippen LogP contribution in [0.2, 0.25) is 10.0 Å². The first-order valence-electron chi connectivity index (χ1n) is 9.60. The van der Waals surface area contributed by atoms with Crippen LogP contribution in [0.5, 0.6) is 11.5 Å². The summed E-state index contributed by atoms with van der Waals surface area (Å²) in [6.07, 6.45) is 0. The highest BCUT2D eigenvalue weighted by Gasteiger charge is 2.27. The van der Waals surface area contributed by atoms with Gasteiger partial charge in [-0.2, -0.15) is 0 Å². The van der Waals surface area contributed by atoms with Crippen LogP contribution in [0.15, 0.2) is 36.4 Å². The van der Waals surface area contributed by atoms with Crippen LogP contribution < -0.4 is 20.1 Å². The molecule has 2 aromatic rings. The van der Waals surface area contributed by atoms with E-state index >= 15 is 0 Å². The Morgan fingerprint density at radius 2 is 1.62 bits per heavy atom. The van der Waals surface area contributed by atoms with Crippen molar-refractivity contribution in [2.45, 2.75) is 19.9 Å². The van der Waals surface area contributed by atoms with Crippen LogP contribution in [0.25, 0.3) is 0 Å². The largest absolute Gasteiger partial charge is 0.497 e. The summed E-state index contributed by atoms with van der Waals surface area (Å²) in [6.45, 7) is 2.92. The summed E-state index contributed by atoms with van der Waals surface area (Å²) in [5.41, 5.74) is 0.536. The summed E-state index contributed by atoms with van der Waals surface area (Å²) in [6, 6.07) is 8.43. The average molecular weight is 483 g/mol. The number of nitrogens with one attached hydrogen (secondary N) is 2. The zero-order chi connectivity index (χ0) is 23.8. The van der Waals surface area contributed by atoms with Crippen LogP contribution in [-0.4, -0.2) is 44.7 Å². The molecule has 2 rings (SSSR count). The quantitative estimate of drug-likeness (QED) is 0.524. The smallest absolute Gasteiger partial charge is 0.329 e. The number of amides is 2. The molecule has 172 valence electrons. The lowest BCUT2D eigenvalue weighted by Gasteiger charge is -2.21. The van der Waals surface area contributed by atoms with Gasteiger partial charge < -0.3 is 24.8 Å². The predicted octanol–water partition coefficient (Wildman–Crippen LogP) is 3.95. The summed E-state index contributed by atoms with van der Waals surface area (Å²) in [5.74, 6) is -1.33. The lowest BCUT2D eigenvalue weighted by atomic mass is 10.0. The first-order valence-corrected chi connectivity index (χ1v) is 10.4. The normalized spacial score (nSPS) is 11.5. The van der Waals surface area contributed by atoms with Crippen molar-refractivity contribution in [3.63, 3.8) is 0 Å². The van der Waals surface area contributed by atoms with Crippen molar-refractivity contribution in [2.75, 3.05) is 26.1 Å². The van der Waals surface area contributed by atoms with Crippen LogP contribution >= 0.6 is 23.2 Å². The third-order valence-electron chi connectivity index (χ3n) is 4.39. The minimum Gasteiger partial charge on any atom is -0.497 e. The van der Waals surface area contributed by atoms with Crippen molar-refractivity contribution in [3.8, 4) is 11.5 Å². The SMILES string of the molecule is COc1cc(OC)cc(C(=O)N[C@H](C(=O)OCC(=O)Nc2cccc(Cl)c2Cl)C(C)C)c1. The standard InChI is InChI=1S/C22H24Cl2N2O6/c1-12(2)20(26-21(28)13-8-14(30-3)10-15(9-13)31-4)22(29)32-11-18(27)25-17-7-5-6-16(23)19(17)24/h5-10,12,20H,11H2,1-4H3,(H,25,27)(H,26,28)/t20-/m0/s1. The van der Waals surface area contributed by atoms with Crippen molar-refractivity contribution >= 4 is 46.7 Å². The minimum absolute atomic E-state index is 0.176. The topological polar surface area (TPSA) is 103 Å². The van der Waals surface area contributed by atoms with Crippen LogP contribution in [0.1, 0.15) is 24.2 Å². The Hall–Kier alpha value is -2.97. The zero-order valence-electron chi connectivity index (χ0n) is 18.0. The van der Waals surface area contributed by atoms with E-state index in [1.807, 2.05) is 0 Å². The second-order valence-electron chi connectivity index (χ2n) is 7.05. The number of carbonyl (C=O) groups is 3. The molecular weight excluding hydrogens is 459 g/mol. The van der Waals surface area contributed by atoms with E-state index in [1.54, 1.807) is 38.1 Å². The second-order valence-corrected chi connectivity index (χ2v) is 7.84. The van der Waals surface area contributed by atoms with E-state index in [0.717, 1.165) is 0 Å². The maximum atomic E-state index is 12.7. The zero-order valence-corrected chi connectivity index (χ0v) is 19.5. The fourth-order valence-corrected chi connectivity index (χ4v) is 3.02. The third kappa shape index (κ3) is 6.77. The Morgan fingerprint density at radius 1 is 1.00 bits per heavy atom. The molecule has 0 aliphatic carbocycles. The van der Waals surface area contributed by atoms with Crippen molar-refractivity contribution in [1.29, 1.82) is 0 Å². The molecule has 0 saturated heterocycles. The molecule has 0 heterocycles. The van der Waals surface area contributed by atoms with E-state index in [0.29, 0.717) is 17.2 Å². The number of benzene rings is 2. The number of methoxy groups -OCH3 is 2. The number of halogens is 2. The van der Waals surface area contributed by atoms with Gasteiger partial charge >= 0.3 is 5.97 Å². The second kappa shape index (κ2) is 11.6. The van der Waals surface area contributed by atoms with Crippen molar-refractivity contribution in [3.05, 3.63) is 52.0 Å². The molecule has 0 spiro atoms. The van der Waals surface area contributed by atoms with Crippen LogP contribution in [0.3, 0.4) is 0 Å². The molecule has 0 unspecified atom stereocenters. The summed E-state index contributed by atoms with van der Waals surface area (Å²) in [5, 5.41) is 5.60. The highest BCUT2D eigenvalue weighted by Crippen LogP contribution is 2.29.